The highest BCUT2D eigenvalue weighted by atomic mass is 35.5. The molecule has 0 radical (unpaired) electrons. The van der Waals surface area contributed by atoms with E-state index in [1.807, 2.05) is 0 Å². The van der Waals surface area contributed by atoms with E-state index in [0.717, 1.165) is 10.8 Å². The SMILES string of the molecule is CN(CC(F)F)C(=O)C1CSCN1.Cl. The highest BCUT2D eigenvalue weighted by Crippen LogP contribution is 2.11. The van der Waals surface area contributed by atoms with Gasteiger partial charge in [0.15, 0.2) is 0 Å². The molecule has 1 amide bonds. The van der Waals surface area contributed by atoms with Crippen molar-refractivity contribution in [2.45, 2.75) is 12.5 Å². The van der Waals surface area contributed by atoms with Crippen LogP contribution in [0.5, 0.6) is 0 Å². The Balaban J connectivity index is 0.00000169. The number of thioether (sulfide) groups is 1. The average Bonchev–Trinajstić information content (AvgIpc) is 2.53. The summed E-state index contributed by atoms with van der Waals surface area (Å²) in [6, 6.07) is -0.284. The van der Waals surface area contributed by atoms with Gasteiger partial charge in [-0.2, -0.15) is 0 Å². The second kappa shape index (κ2) is 6.42. The molecule has 0 aromatic heterocycles. The van der Waals surface area contributed by atoms with E-state index < -0.39 is 13.0 Å². The monoisotopic (exact) mass is 246 g/mol. The van der Waals surface area contributed by atoms with Crippen molar-refractivity contribution in [3.05, 3.63) is 0 Å². The summed E-state index contributed by atoms with van der Waals surface area (Å²) in [5.41, 5.74) is 0. The molecular weight excluding hydrogens is 234 g/mol. The number of nitrogens with one attached hydrogen (secondary N) is 1. The fourth-order valence-electron chi connectivity index (χ4n) is 1.12. The Morgan fingerprint density at radius 3 is 2.79 bits per heavy atom. The van der Waals surface area contributed by atoms with E-state index in [2.05, 4.69) is 5.32 Å². The van der Waals surface area contributed by atoms with Gasteiger partial charge in [0.2, 0.25) is 5.91 Å². The summed E-state index contributed by atoms with van der Waals surface area (Å²) >= 11 is 1.60. The molecule has 0 aliphatic carbocycles. The number of amides is 1. The predicted octanol–water partition coefficient (Wildman–Crippen LogP) is 0.794. The zero-order valence-corrected chi connectivity index (χ0v) is 9.34. The van der Waals surface area contributed by atoms with E-state index in [0.29, 0.717) is 5.75 Å². The van der Waals surface area contributed by atoms with Gasteiger partial charge in [-0.25, -0.2) is 8.78 Å². The topological polar surface area (TPSA) is 32.3 Å². The van der Waals surface area contributed by atoms with Crippen LogP contribution < -0.4 is 5.32 Å². The molecule has 14 heavy (non-hydrogen) atoms. The van der Waals surface area contributed by atoms with Crippen LogP contribution in [0.1, 0.15) is 0 Å². The van der Waals surface area contributed by atoms with Gasteiger partial charge in [-0.15, -0.1) is 24.2 Å². The lowest BCUT2D eigenvalue weighted by Gasteiger charge is -2.19. The molecule has 0 spiro atoms. The summed E-state index contributed by atoms with van der Waals surface area (Å²) in [5, 5.41) is 2.94. The first-order valence-electron chi connectivity index (χ1n) is 3.95. The number of alkyl halides is 2. The van der Waals surface area contributed by atoms with Gasteiger partial charge in [-0.3, -0.25) is 10.1 Å². The molecule has 1 unspecified atom stereocenters. The third-order valence-corrected chi connectivity index (χ3v) is 2.74. The molecule has 0 aromatic carbocycles. The van der Waals surface area contributed by atoms with Gasteiger partial charge in [0, 0.05) is 18.7 Å². The van der Waals surface area contributed by atoms with Crippen LogP contribution in [0.15, 0.2) is 0 Å². The molecule has 1 saturated heterocycles. The minimum Gasteiger partial charge on any atom is -0.339 e. The lowest BCUT2D eigenvalue weighted by molar-refractivity contribution is -0.133. The Hall–Kier alpha value is -0.0700. The molecular formula is C7H13ClF2N2OS. The molecule has 0 aromatic rings. The molecule has 1 rings (SSSR count). The first-order chi connectivity index (χ1) is 6.11. The molecule has 0 bridgehead atoms. The predicted molar refractivity (Wildman–Crippen MR) is 55.1 cm³/mol. The van der Waals surface area contributed by atoms with E-state index in [4.69, 9.17) is 0 Å². The zero-order valence-electron chi connectivity index (χ0n) is 7.70. The van der Waals surface area contributed by atoms with Crippen molar-refractivity contribution in [3.8, 4) is 0 Å². The van der Waals surface area contributed by atoms with Gasteiger partial charge in [-0.1, -0.05) is 0 Å². The number of likely N-dealkylation sites (N-methyl/N-ethyl adjacent to an activating group) is 1. The Kier molecular flexibility index (Phi) is 6.39. The van der Waals surface area contributed by atoms with Crippen molar-refractivity contribution in [1.82, 2.24) is 10.2 Å². The molecule has 1 N–H and O–H groups in total. The third kappa shape index (κ3) is 3.98. The van der Waals surface area contributed by atoms with Gasteiger partial charge in [0.1, 0.15) is 0 Å². The number of hydrogen-bond donors (Lipinski definition) is 1. The number of carbonyl (C=O) groups is 1. The molecule has 3 nitrogen and oxygen atoms in total. The summed E-state index contributed by atoms with van der Waals surface area (Å²) in [4.78, 5) is 12.5. The Labute approximate surface area is 92.0 Å². The van der Waals surface area contributed by atoms with Crippen molar-refractivity contribution < 1.29 is 13.6 Å². The summed E-state index contributed by atoms with van der Waals surface area (Å²) in [5.74, 6) is 1.15. The second-order valence-corrected chi connectivity index (χ2v) is 3.91. The molecule has 1 aliphatic heterocycles. The van der Waals surface area contributed by atoms with Crippen LogP contribution in [0, 0.1) is 0 Å². The summed E-state index contributed by atoms with van der Waals surface area (Å²) < 4.78 is 23.8. The van der Waals surface area contributed by atoms with Crippen LogP contribution in [0.2, 0.25) is 0 Å². The lowest BCUT2D eigenvalue weighted by atomic mass is 10.3. The first-order valence-corrected chi connectivity index (χ1v) is 5.11. The number of halogens is 3. The average molecular weight is 247 g/mol. The van der Waals surface area contributed by atoms with Gasteiger partial charge < -0.3 is 4.90 Å². The molecule has 84 valence electrons. The molecule has 0 saturated carbocycles. The molecule has 1 fully saturated rings. The number of nitrogens with zero attached hydrogens (tertiary/aromatic N) is 1. The summed E-state index contributed by atoms with van der Waals surface area (Å²) in [7, 11) is 1.40. The van der Waals surface area contributed by atoms with Crippen molar-refractivity contribution >= 4 is 30.1 Å². The molecule has 1 heterocycles. The van der Waals surface area contributed by atoms with Crippen LogP contribution in [-0.4, -0.2) is 48.5 Å². The largest absolute Gasteiger partial charge is 0.339 e. The van der Waals surface area contributed by atoms with Crippen molar-refractivity contribution in [2.75, 3.05) is 25.2 Å². The molecule has 1 atom stereocenters. The highest BCUT2D eigenvalue weighted by molar-refractivity contribution is 7.99. The van der Waals surface area contributed by atoms with E-state index >= 15 is 0 Å². The van der Waals surface area contributed by atoms with Gasteiger partial charge in [0.05, 0.1) is 12.6 Å². The van der Waals surface area contributed by atoms with E-state index in [9.17, 15) is 13.6 Å². The fourth-order valence-corrected chi connectivity index (χ4v) is 2.05. The maximum absolute atomic E-state index is 11.9. The van der Waals surface area contributed by atoms with Crippen LogP contribution in [0.25, 0.3) is 0 Å². The van der Waals surface area contributed by atoms with Crippen molar-refractivity contribution in [3.63, 3.8) is 0 Å². The quantitative estimate of drug-likeness (QED) is 0.799. The highest BCUT2D eigenvalue weighted by Gasteiger charge is 2.26. The first kappa shape index (κ1) is 13.9. The Morgan fingerprint density at radius 2 is 2.36 bits per heavy atom. The normalized spacial score (nSPS) is 20.7. The third-order valence-electron chi connectivity index (χ3n) is 1.80. The lowest BCUT2D eigenvalue weighted by Crippen LogP contribution is -2.44. The van der Waals surface area contributed by atoms with Crippen LogP contribution >= 0.6 is 24.2 Å². The van der Waals surface area contributed by atoms with E-state index in [-0.39, 0.29) is 24.4 Å². The minimum atomic E-state index is -2.46. The minimum absolute atomic E-state index is 0. The van der Waals surface area contributed by atoms with E-state index in [1.54, 1.807) is 11.8 Å². The number of rotatable bonds is 3. The summed E-state index contributed by atoms with van der Waals surface area (Å²) in [6.07, 6.45) is -2.46. The fraction of sp³-hybridized carbons (Fsp3) is 0.857. The molecule has 1 aliphatic rings. The molecule has 7 heteroatoms. The van der Waals surface area contributed by atoms with Crippen molar-refractivity contribution in [1.29, 1.82) is 0 Å². The summed E-state index contributed by atoms with van der Waals surface area (Å²) in [6.45, 7) is -0.484. The number of carbonyl (C=O) groups excluding carboxylic acids is 1. The standard InChI is InChI=1S/C7H12F2N2OS.ClH/c1-11(2-6(8)9)7(12)5-3-13-4-10-5;/h5-6,10H,2-4H2,1H3;1H. The van der Waals surface area contributed by atoms with Gasteiger partial charge >= 0.3 is 0 Å². The van der Waals surface area contributed by atoms with Crippen LogP contribution in [0.3, 0.4) is 0 Å². The van der Waals surface area contributed by atoms with Gasteiger partial charge in [0.25, 0.3) is 6.43 Å². The zero-order chi connectivity index (χ0) is 9.84. The maximum atomic E-state index is 11.9. The Bertz CT molecular complexity index is 191. The van der Waals surface area contributed by atoms with E-state index in [1.165, 1.54) is 7.05 Å². The number of hydrogen-bond acceptors (Lipinski definition) is 3. The maximum Gasteiger partial charge on any atom is 0.255 e. The van der Waals surface area contributed by atoms with Gasteiger partial charge in [-0.05, 0) is 0 Å². The van der Waals surface area contributed by atoms with Crippen molar-refractivity contribution in [2.24, 2.45) is 0 Å². The van der Waals surface area contributed by atoms with Crippen LogP contribution in [0.4, 0.5) is 8.78 Å². The second-order valence-electron chi connectivity index (χ2n) is 2.88. The Morgan fingerprint density at radius 1 is 1.71 bits per heavy atom. The van der Waals surface area contributed by atoms with Crippen LogP contribution in [-0.2, 0) is 4.79 Å². The smallest absolute Gasteiger partial charge is 0.255 e.